The highest BCUT2D eigenvalue weighted by molar-refractivity contribution is 6.30. The summed E-state index contributed by atoms with van der Waals surface area (Å²) < 4.78 is 1.66. The lowest BCUT2D eigenvalue weighted by Crippen LogP contribution is -1.94. The second-order valence-electron chi connectivity index (χ2n) is 3.72. The van der Waals surface area contributed by atoms with Gasteiger partial charge in [0.05, 0.1) is 24.3 Å². The van der Waals surface area contributed by atoms with Crippen LogP contribution in [0.1, 0.15) is 0 Å². The fraction of sp³-hybridized carbons (Fsp3) is 0. The van der Waals surface area contributed by atoms with Gasteiger partial charge in [-0.05, 0) is 17.7 Å². The summed E-state index contributed by atoms with van der Waals surface area (Å²) in [7, 11) is 0. The lowest BCUT2D eigenvalue weighted by molar-refractivity contribution is 0.942. The first-order valence-corrected chi connectivity index (χ1v) is 5.46. The summed E-state index contributed by atoms with van der Waals surface area (Å²) in [4.78, 5) is 4.28. The monoisotopic (exact) mass is 244 g/mol. The second kappa shape index (κ2) is 3.75. The average Bonchev–Trinajstić information content (AvgIpc) is 2.71. The Morgan fingerprint density at radius 2 is 2.12 bits per heavy atom. The van der Waals surface area contributed by atoms with Crippen molar-refractivity contribution in [3.8, 4) is 11.1 Å². The molecule has 0 aliphatic rings. The number of halogens is 1. The van der Waals surface area contributed by atoms with E-state index in [0.29, 0.717) is 10.7 Å². The Morgan fingerprint density at radius 1 is 1.24 bits per heavy atom. The molecule has 2 heterocycles. The van der Waals surface area contributed by atoms with Gasteiger partial charge in [0.15, 0.2) is 5.65 Å². The van der Waals surface area contributed by atoms with Gasteiger partial charge < -0.3 is 5.73 Å². The van der Waals surface area contributed by atoms with Gasteiger partial charge in [0.2, 0.25) is 0 Å². The van der Waals surface area contributed by atoms with Crippen molar-refractivity contribution >= 4 is 22.9 Å². The first-order chi connectivity index (χ1) is 8.24. The average molecular weight is 245 g/mol. The number of rotatable bonds is 1. The fourth-order valence-electron chi connectivity index (χ4n) is 1.75. The van der Waals surface area contributed by atoms with Crippen LogP contribution in [0.15, 0.2) is 42.9 Å². The highest BCUT2D eigenvalue weighted by Crippen LogP contribution is 2.25. The summed E-state index contributed by atoms with van der Waals surface area (Å²) in [6, 6.07) is 7.60. The van der Waals surface area contributed by atoms with Crippen molar-refractivity contribution in [1.29, 1.82) is 0 Å². The lowest BCUT2D eigenvalue weighted by Gasteiger charge is -2.00. The SMILES string of the molecule is Nc1cnc2c(-c3cccc(Cl)c3)cnn2c1. The second-order valence-corrected chi connectivity index (χ2v) is 4.16. The Balaban J connectivity index is 2.24. The van der Waals surface area contributed by atoms with Gasteiger partial charge >= 0.3 is 0 Å². The molecule has 2 N–H and O–H groups in total. The molecule has 0 amide bonds. The Labute approximate surface area is 103 Å². The maximum Gasteiger partial charge on any atom is 0.162 e. The van der Waals surface area contributed by atoms with Crippen molar-refractivity contribution in [1.82, 2.24) is 14.6 Å². The van der Waals surface area contributed by atoms with Crippen LogP contribution >= 0.6 is 11.6 Å². The molecule has 0 radical (unpaired) electrons. The number of hydrogen-bond acceptors (Lipinski definition) is 3. The van der Waals surface area contributed by atoms with E-state index in [9.17, 15) is 0 Å². The van der Waals surface area contributed by atoms with Gasteiger partial charge in [-0.1, -0.05) is 23.7 Å². The summed E-state index contributed by atoms with van der Waals surface area (Å²) >= 11 is 5.97. The number of benzene rings is 1. The van der Waals surface area contributed by atoms with Crippen LogP contribution in [0.3, 0.4) is 0 Å². The number of nitrogen functional groups attached to an aromatic ring is 1. The summed E-state index contributed by atoms with van der Waals surface area (Å²) in [6.07, 6.45) is 5.11. The molecule has 17 heavy (non-hydrogen) atoms. The predicted molar refractivity (Wildman–Crippen MR) is 67.8 cm³/mol. The van der Waals surface area contributed by atoms with Crippen LogP contribution in [0.2, 0.25) is 5.02 Å². The maximum atomic E-state index is 5.97. The van der Waals surface area contributed by atoms with Crippen LogP contribution in [0.4, 0.5) is 5.69 Å². The Bertz CT molecular complexity index is 690. The summed E-state index contributed by atoms with van der Waals surface area (Å²) in [6.45, 7) is 0. The highest BCUT2D eigenvalue weighted by Gasteiger charge is 2.08. The van der Waals surface area contributed by atoms with Crippen LogP contribution in [0.25, 0.3) is 16.8 Å². The summed E-state index contributed by atoms with van der Waals surface area (Å²) in [5.74, 6) is 0. The summed E-state index contributed by atoms with van der Waals surface area (Å²) in [5.41, 5.74) is 8.93. The Kier molecular flexibility index (Phi) is 2.23. The normalized spacial score (nSPS) is 10.9. The van der Waals surface area contributed by atoms with Gasteiger partial charge in [-0.3, -0.25) is 0 Å². The molecule has 0 fully saturated rings. The topological polar surface area (TPSA) is 56.2 Å². The van der Waals surface area contributed by atoms with Crippen molar-refractivity contribution < 1.29 is 0 Å². The van der Waals surface area contributed by atoms with Gasteiger partial charge in [0, 0.05) is 10.6 Å². The molecule has 5 heteroatoms. The number of anilines is 1. The number of aromatic nitrogens is 3. The molecule has 0 unspecified atom stereocenters. The zero-order valence-corrected chi connectivity index (χ0v) is 9.59. The van der Waals surface area contributed by atoms with Crippen LogP contribution < -0.4 is 5.73 Å². The quantitative estimate of drug-likeness (QED) is 0.716. The molecule has 0 saturated heterocycles. The largest absolute Gasteiger partial charge is 0.396 e. The molecule has 0 aliphatic carbocycles. The zero-order valence-electron chi connectivity index (χ0n) is 8.84. The van der Waals surface area contributed by atoms with Gasteiger partial charge in [0.25, 0.3) is 0 Å². The number of fused-ring (bicyclic) bond motifs is 1. The Hall–Kier alpha value is -2.07. The van der Waals surface area contributed by atoms with E-state index in [-0.39, 0.29) is 0 Å². The fourth-order valence-corrected chi connectivity index (χ4v) is 1.94. The molecule has 0 spiro atoms. The van der Waals surface area contributed by atoms with Crippen molar-refractivity contribution in [3.63, 3.8) is 0 Å². The lowest BCUT2D eigenvalue weighted by atomic mass is 10.1. The van der Waals surface area contributed by atoms with Crippen LogP contribution in [-0.4, -0.2) is 14.6 Å². The van der Waals surface area contributed by atoms with E-state index < -0.39 is 0 Å². The molecule has 0 bridgehead atoms. The molecule has 0 atom stereocenters. The van der Waals surface area contributed by atoms with E-state index >= 15 is 0 Å². The van der Waals surface area contributed by atoms with E-state index in [4.69, 9.17) is 17.3 Å². The number of nitrogens with two attached hydrogens (primary N) is 1. The molecule has 84 valence electrons. The third kappa shape index (κ3) is 1.72. The van der Waals surface area contributed by atoms with E-state index in [1.165, 1.54) is 0 Å². The van der Waals surface area contributed by atoms with Gasteiger partial charge in [-0.2, -0.15) is 5.10 Å². The van der Waals surface area contributed by atoms with Crippen molar-refractivity contribution in [2.45, 2.75) is 0 Å². The van der Waals surface area contributed by atoms with Crippen LogP contribution in [0.5, 0.6) is 0 Å². The van der Waals surface area contributed by atoms with E-state index in [1.807, 2.05) is 24.3 Å². The zero-order chi connectivity index (χ0) is 11.8. The van der Waals surface area contributed by atoms with Crippen LogP contribution in [-0.2, 0) is 0 Å². The minimum atomic E-state index is 0.582. The third-order valence-corrected chi connectivity index (χ3v) is 2.75. The first kappa shape index (κ1) is 10.1. The van der Waals surface area contributed by atoms with Gasteiger partial charge in [-0.15, -0.1) is 0 Å². The molecular formula is C12H9ClN4. The van der Waals surface area contributed by atoms with Crippen molar-refractivity contribution in [2.75, 3.05) is 5.73 Å². The smallest absolute Gasteiger partial charge is 0.162 e. The van der Waals surface area contributed by atoms with E-state index in [0.717, 1.165) is 16.8 Å². The van der Waals surface area contributed by atoms with E-state index in [2.05, 4.69) is 10.1 Å². The predicted octanol–water partition coefficient (Wildman–Crippen LogP) is 2.63. The Morgan fingerprint density at radius 3 is 2.94 bits per heavy atom. The van der Waals surface area contributed by atoms with Gasteiger partial charge in [0.1, 0.15) is 0 Å². The minimum Gasteiger partial charge on any atom is -0.396 e. The molecule has 0 aliphatic heterocycles. The third-order valence-electron chi connectivity index (χ3n) is 2.51. The molecule has 1 aromatic carbocycles. The van der Waals surface area contributed by atoms with Crippen LogP contribution in [0, 0.1) is 0 Å². The maximum absolute atomic E-state index is 5.97. The van der Waals surface area contributed by atoms with E-state index in [1.54, 1.807) is 23.1 Å². The molecule has 3 aromatic rings. The molecule has 4 nitrogen and oxygen atoms in total. The molecule has 3 rings (SSSR count). The first-order valence-electron chi connectivity index (χ1n) is 5.09. The van der Waals surface area contributed by atoms with Gasteiger partial charge in [-0.25, -0.2) is 9.50 Å². The number of hydrogen-bond donors (Lipinski definition) is 1. The highest BCUT2D eigenvalue weighted by atomic mass is 35.5. The summed E-state index contributed by atoms with van der Waals surface area (Å²) in [5, 5.41) is 4.91. The molecular weight excluding hydrogens is 236 g/mol. The number of nitrogens with zero attached hydrogens (tertiary/aromatic N) is 3. The van der Waals surface area contributed by atoms with Crippen molar-refractivity contribution in [2.24, 2.45) is 0 Å². The molecule has 2 aromatic heterocycles. The standard InChI is InChI=1S/C12H9ClN4/c13-9-3-1-2-8(4-9)11-6-16-17-7-10(14)5-15-12(11)17/h1-7H,14H2. The minimum absolute atomic E-state index is 0.582. The van der Waals surface area contributed by atoms with Crippen molar-refractivity contribution in [3.05, 3.63) is 47.9 Å². The molecule has 0 saturated carbocycles.